The second-order valence-corrected chi connectivity index (χ2v) is 7.58. The summed E-state index contributed by atoms with van der Waals surface area (Å²) >= 11 is 7.55. The van der Waals surface area contributed by atoms with Gasteiger partial charge in [-0.15, -0.1) is 11.3 Å². The molecule has 1 fully saturated rings. The second kappa shape index (κ2) is 6.02. The summed E-state index contributed by atoms with van der Waals surface area (Å²) in [6.07, 6.45) is 2.69. The van der Waals surface area contributed by atoms with Crippen molar-refractivity contribution >= 4 is 28.8 Å². The van der Waals surface area contributed by atoms with E-state index in [0.717, 1.165) is 23.6 Å². The van der Waals surface area contributed by atoms with Crippen LogP contribution in [0.1, 0.15) is 40.9 Å². The lowest BCUT2D eigenvalue weighted by atomic mass is 9.93. The zero-order chi connectivity index (χ0) is 15.7. The molecule has 1 N–H and O–H groups in total. The van der Waals surface area contributed by atoms with E-state index in [0.29, 0.717) is 12.3 Å². The van der Waals surface area contributed by atoms with E-state index in [1.807, 2.05) is 17.0 Å². The summed E-state index contributed by atoms with van der Waals surface area (Å²) in [4.78, 5) is 15.7. The topological polar surface area (TPSA) is 66.6 Å². The highest BCUT2D eigenvalue weighted by Gasteiger charge is 2.41. The number of hydrogen-bond acceptors (Lipinski definition) is 5. The van der Waals surface area contributed by atoms with Crippen LogP contribution in [0.4, 0.5) is 0 Å². The first-order valence-corrected chi connectivity index (χ1v) is 8.34. The molecule has 1 atom stereocenters. The van der Waals surface area contributed by atoms with E-state index in [1.165, 1.54) is 10.9 Å². The monoisotopic (exact) mass is 340 g/mol. The summed E-state index contributed by atoms with van der Waals surface area (Å²) < 4.78 is 5.68. The highest BCUT2D eigenvalue weighted by molar-refractivity contribution is 7.16. The van der Waals surface area contributed by atoms with E-state index in [1.54, 1.807) is 11.3 Å². The van der Waals surface area contributed by atoms with Crippen LogP contribution in [0.2, 0.25) is 4.34 Å². The molecule has 1 saturated heterocycles. The van der Waals surface area contributed by atoms with Crippen LogP contribution < -0.4 is 0 Å². The summed E-state index contributed by atoms with van der Waals surface area (Å²) in [7, 11) is 0. The quantitative estimate of drug-likeness (QED) is 0.928. The minimum absolute atomic E-state index is 0.147. The maximum atomic E-state index is 12.7. The summed E-state index contributed by atoms with van der Waals surface area (Å²) in [5.41, 5.74) is 0.00485. The van der Waals surface area contributed by atoms with Gasteiger partial charge in [0.15, 0.2) is 11.5 Å². The van der Waals surface area contributed by atoms with Crippen molar-refractivity contribution in [1.29, 1.82) is 0 Å². The Morgan fingerprint density at radius 3 is 3.05 bits per heavy atom. The molecule has 2 aromatic rings. The van der Waals surface area contributed by atoms with Crippen molar-refractivity contribution in [3.05, 3.63) is 38.9 Å². The van der Waals surface area contributed by atoms with Crippen LogP contribution in [0.25, 0.3) is 0 Å². The molecule has 3 heterocycles. The normalized spacial score (nSPS) is 21.5. The van der Waals surface area contributed by atoms with Crippen molar-refractivity contribution in [2.24, 2.45) is 0 Å². The molecule has 118 valence electrons. The van der Waals surface area contributed by atoms with Gasteiger partial charge in [0.05, 0.1) is 4.34 Å². The highest BCUT2D eigenvalue weighted by atomic mass is 35.5. The molecule has 1 aliphatic heterocycles. The molecule has 1 unspecified atom stereocenters. The number of aromatic nitrogens is 1. The molecular weight excluding hydrogens is 324 g/mol. The lowest BCUT2D eigenvalue weighted by molar-refractivity contribution is 0.0614. The highest BCUT2D eigenvalue weighted by Crippen LogP contribution is 2.36. The smallest absolute Gasteiger partial charge is 0.276 e. The van der Waals surface area contributed by atoms with Gasteiger partial charge in [0.1, 0.15) is 6.61 Å². The van der Waals surface area contributed by atoms with Gasteiger partial charge in [-0.3, -0.25) is 4.79 Å². The Kier molecular flexibility index (Phi) is 4.25. The van der Waals surface area contributed by atoms with E-state index in [9.17, 15) is 4.79 Å². The number of hydrogen-bond donors (Lipinski definition) is 1. The predicted molar refractivity (Wildman–Crippen MR) is 84.1 cm³/mol. The first-order chi connectivity index (χ1) is 10.5. The zero-order valence-electron chi connectivity index (χ0n) is 12.2. The number of halogens is 1. The Labute approximate surface area is 137 Å². The number of carbonyl (C=O) groups is 1. The van der Waals surface area contributed by atoms with E-state index in [-0.39, 0.29) is 23.7 Å². The number of likely N-dealkylation sites (tertiary alicyclic amines) is 1. The van der Waals surface area contributed by atoms with Crippen LogP contribution in [0.15, 0.2) is 22.7 Å². The summed E-state index contributed by atoms with van der Waals surface area (Å²) in [5, 5.41) is 12.8. The predicted octanol–water partition coefficient (Wildman–Crippen LogP) is 3.12. The molecule has 1 amide bonds. The van der Waals surface area contributed by atoms with E-state index in [4.69, 9.17) is 21.2 Å². The van der Waals surface area contributed by atoms with Gasteiger partial charge in [-0.25, -0.2) is 0 Å². The van der Waals surface area contributed by atoms with Crippen LogP contribution in [0.3, 0.4) is 0 Å². The first kappa shape index (κ1) is 15.5. The van der Waals surface area contributed by atoms with Crippen LogP contribution in [-0.4, -0.2) is 33.2 Å². The Balaban J connectivity index is 1.80. The average Bonchev–Trinajstić information content (AvgIpc) is 3.19. The largest absolute Gasteiger partial charge is 0.388 e. The van der Waals surface area contributed by atoms with Crippen molar-refractivity contribution < 1.29 is 14.4 Å². The van der Waals surface area contributed by atoms with Gasteiger partial charge in [0.25, 0.3) is 5.91 Å². The lowest BCUT2D eigenvalue weighted by Crippen LogP contribution is -2.46. The van der Waals surface area contributed by atoms with Crippen molar-refractivity contribution in [3.8, 4) is 0 Å². The van der Waals surface area contributed by atoms with Gasteiger partial charge in [0.2, 0.25) is 0 Å². The molecule has 2 aromatic heterocycles. The second-order valence-electron chi connectivity index (χ2n) is 5.78. The third kappa shape index (κ3) is 2.91. The summed E-state index contributed by atoms with van der Waals surface area (Å²) in [6, 6.07) is 5.40. The number of carbonyl (C=O) groups excluding carboxylic acids is 1. The van der Waals surface area contributed by atoms with Gasteiger partial charge in [-0.05, 0) is 31.9 Å². The molecule has 3 rings (SSSR count). The Morgan fingerprint density at radius 1 is 1.59 bits per heavy atom. The molecule has 0 aromatic carbocycles. The lowest BCUT2D eigenvalue weighted by Gasteiger charge is -2.34. The number of nitrogens with zero attached hydrogens (tertiary/aromatic N) is 2. The minimum Gasteiger partial charge on any atom is -0.388 e. The van der Waals surface area contributed by atoms with Crippen molar-refractivity contribution in [3.63, 3.8) is 0 Å². The van der Waals surface area contributed by atoms with E-state index in [2.05, 4.69) is 12.1 Å². The third-order valence-corrected chi connectivity index (χ3v) is 5.34. The number of aliphatic hydroxyl groups excluding tert-OH is 1. The van der Waals surface area contributed by atoms with Crippen LogP contribution >= 0.6 is 22.9 Å². The number of aliphatic hydroxyl groups is 1. The van der Waals surface area contributed by atoms with E-state index >= 15 is 0 Å². The van der Waals surface area contributed by atoms with Crippen molar-refractivity contribution in [2.45, 2.75) is 38.3 Å². The molecule has 0 spiro atoms. The molecule has 7 heteroatoms. The van der Waals surface area contributed by atoms with Crippen LogP contribution in [0.5, 0.6) is 0 Å². The molecule has 0 aliphatic carbocycles. The first-order valence-electron chi connectivity index (χ1n) is 7.14. The molecule has 0 bridgehead atoms. The summed E-state index contributed by atoms with van der Waals surface area (Å²) in [5.74, 6) is 0.153. The fourth-order valence-corrected chi connectivity index (χ4v) is 4.27. The van der Waals surface area contributed by atoms with Crippen LogP contribution in [0, 0.1) is 0 Å². The molecule has 1 aliphatic rings. The molecule has 0 radical (unpaired) electrons. The Morgan fingerprint density at radius 2 is 2.41 bits per heavy atom. The Bertz CT molecular complexity index is 684. The molecular formula is C15H17ClN2O3S. The molecule has 0 saturated carbocycles. The minimum atomic E-state index is -0.259. The maximum Gasteiger partial charge on any atom is 0.276 e. The fraction of sp³-hybridized carbons (Fsp3) is 0.467. The zero-order valence-corrected chi connectivity index (χ0v) is 13.8. The van der Waals surface area contributed by atoms with Gasteiger partial charge >= 0.3 is 0 Å². The fourth-order valence-electron chi connectivity index (χ4n) is 3.00. The van der Waals surface area contributed by atoms with Gasteiger partial charge in [0, 0.05) is 29.4 Å². The Hall–Kier alpha value is -1.37. The van der Waals surface area contributed by atoms with Gasteiger partial charge in [-0.1, -0.05) is 16.8 Å². The average molecular weight is 341 g/mol. The molecule has 22 heavy (non-hydrogen) atoms. The summed E-state index contributed by atoms with van der Waals surface area (Å²) in [6.45, 7) is 2.54. The maximum absolute atomic E-state index is 12.7. The number of amides is 1. The van der Waals surface area contributed by atoms with E-state index < -0.39 is 0 Å². The van der Waals surface area contributed by atoms with Crippen molar-refractivity contribution in [2.75, 3.05) is 6.54 Å². The van der Waals surface area contributed by atoms with Gasteiger partial charge < -0.3 is 14.5 Å². The molecule has 5 nitrogen and oxygen atoms in total. The number of thiophene rings is 1. The van der Waals surface area contributed by atoms with Crippen LogP contribution in [-0.2, 0) is 13.0 Å². The third-order valence-electron chi connectivity index (χ3n) is 4.11. The number of rotatable bonds is 4. The SMILES string of the molecule is CC1(Cc2ccc(Cl)s2)CCCN1C(=O)c1cc(CO)on1. The standard InChI is InChI=1S/C15H17ClN2O3S/c1-15(8-11-3-4-13(16)22-11)5-2-6-18(15)14(20)12-7-10(9-19)21-17-12/h3-4,7,19H,2,5-6,8-9H2,1H3. The van der Waals surface area contributed by atoms with Crippen molar-refractivity contribution in [1.82, 2.24) is 10.1 Å². The van der Waals surface area contributed by atoms with Gasteiger partial charge in [-0.2, -0.15) is 0 Å².